The van der Waals surface area contributed by atoms with Gasteiger partial charge in [-0.1, -0.05) is 48.2 Å². The summed E-state index contributed by atoms with van der Waals surface area (Å²) in [7, 11) is 0. The lowest BCUT2D eigenvalue weighted by atomic mass is 9.96. The van der Waals surface area contributed by atoms with E-state index in [1.54, 1.807) is 30.9 Å². The molecule has 4 heterocycles. The highest BCUT2D eigenvalue weighted by Gasteiger charge is 2.25. The number of hydrogen-bond acceptors (Lipinski definition) is 5. The third-order valence-electron chi connectivity index (χ3n) is 6.37. The lowest BCUT2D eigenvalue weighted by Crippen LogP contribution is -2.28. The minimum Gasteiger partial charge on any atom is -0.381 e. The zero-order valence-electron chi connectivity index (χ0n) is 20.5. The van der Waals surface area contributed by atoms with E-state index in [1.165, 1.54) is 4.52 Å². The Bertz CT molecular complexity index is 1840. The average molecular weight is 498 g/mol. The standard InChI is InChI=1S/C30H23N7O/c1-19(34-30(38)26-28(31)36-37-18-6-15-33-29(26)37)27-25(21-7-3-2-4-8-21)24-22(9-5-10-23(24)35-27)12-11-20-13-16-32-17-14-20/h2-10,13-19,35H,1H3,(H2,31,36)(H,34,38)/t19-/m1/s1. The molecule has 0 spiro atoms. The molecule has 0 fully saturated rings. The van der Waals surface area contributed by atoms with Crippen LogP contribution in [0.5, 0.6) is 0 Å². The van der Waals surface area contributed by atoms with E-state index >= 15 is 0 Å². The molecule has 6 rings (SSSR count). The number of hydrogen-bond donors (Lipinski definition) is 3. The SMILES string of the molecule is C[C@@H](NC(=O)c1c(N)nn2cccnc12)c1[nH]c2cccc(C#Cc3ccncc3)c2c1-c1ccccc1. The van der Waals surface area contributed by atoms with Crippen LogP contribution in [-0.2, 0) is 0 Å². The third kappa shape index (κ3) is 4.12. The van der Waals surface area contributed by atoms with Crippen molar-refractivity contribution in [3.8, 4) is 23.0 Å². The second kappa shape index (κ2) is 9.56. The molecule has 1 amide bonds. The molecule has 38 heavy (non-hydrogen) atoms. The Hall–Kier alpha value is -5.42. The molecule has 2 aromatic carbocycles. The van der Waals surface area contributed by atoms with Gasteiger partial charge < -0.3 is 16.0 Å². The molecule has 184 valence electrons. The normalized spacial score (nSPS) is 11.7. The highest BCUT2D eigenvalue weighted by molar-refractivity contribution is 6.05. The average Bonchev–Trinajstić information content (AvgIpc) is 3.50. The van der Waals surface area contributed by atoms with Crippen LogP contribution in [0.3, 0.4) is 0 Å². The van der Waals surface area contributed by atoms with E-state index in [0.717, 1.165) is 38.9 Å². The maximum absolute atomic E-state index is 13.4. The Morgan fingerprint density at radius 3 is 2.63 bits per heavy atom. The number of aromatic amines is 1. The summed E-state index contributed by atoms with van der Waals surface area (Å²) in [5.41, 5.74) is 12.3. The number of nitrogen functional groups attached to an aromatic ring is 1. The summed E-state index contributed by atoms with van der Waals surface area (Å²) in [6, 6.07) is 21.2. The van der Waals surface area contributed by atoms with Crippen LogP contribution >= 0.6 is 0 Å². The molecule has 0 aliphatic rings. The number of carbonyl (C=O) groups is 1. The molecule has 1 atom stereocenters. The molecule has 4 N–H and O–H groups in total. The van der Waals surface area contributed by atoms with E-state index in [-0.39, 0.29) is 23.3 Å². The Balaban J connectivity index is 1.45. The lowest BCUT2D eigenvalue weighted by Gasteiger charge is -2.15. The summed E-state index contributed by atoms with van der Waals surface area (Å²) in [6.45, 7) is 1.94. The van der Waals surface area contributed by atoms with Crippen molar-refractivity contribution in [2.75, 3.05) is 5.73 Å². The summed E-state index contributed by atoms with van der Waals surface area (Å²) >= 11 is 0. The Morgan fingerprint density at radius 2 is 1.82 bits per heavy atom. The minimum atomic E-state index is -0.385. The predicted molar refractivity (Wildman–Crippen MR) is 147 cm³/mol. The number of nitrogens with zero attached hydrogens (tertiary/aromatic N) is 4. The van der Waals surface area contributed by atoms with Crippen molar-refractivity contribution in [2.24, 2.45) is 0 Å². The summed E-state index contributed by atoms with van der Waals surface area (Å²) in [4.78, 5) is 25.3. The predicted octanol–water partition coefficient (Wildman–Crippen LogP) is 4.75. The van der Waals surface area contributed by atoms with E-state index in [2.05, 4.69) is 49.3 Å². The number of benzene rings is 2. The van der Waals surface area contributed by atoms with Crippen LogP contribution in [0.15, 0.2) is 91.5 Å². The molecule has 0 unspecified atom stereocenters. The fraction of sp³-hybridized carbons (Fsp3) is 0.0667. The molecule has 8 heteroatoms. The monoisotopic (exact) mass is 497 g/mol. The highest BCUT2D eigenvalue weighted by Crippen LogP contribution is 2.37. The first-order valence-electron chi connectivity index (χ1n) is 12.1. The first kappa shape index (κ1) is 23.0. The van der Waals surface area contributed by atoms with Crippen molar-refractivity contribution < 1.29 is 4.79 Å². The third-order valence-corrected chi connectivity index (χ3v) is 6.37. The molecule has 8 nitrogen and oxygen atoms in total. The van der Waals surface area contributed by atoms with Gasteiger partial charge in [0.15, 0.2) is 11.5 Å². The lowest BCUT2D eigenvalue weighted by molar-refractivity contribution is 0.0941. The van der Waals surface area contributed by atoms with Gasteiger partial charge >= 0.3 is 0 Å². The Labute approximate surface area is 218 Å². The first-order chi connectivity index (χ1) is 18.6. The topological polar surface area (TPSA) is 114 Å². The van der Waals surface area contributed by atoms with Crippen molar-refractivity contribution >= 4 is 28.3 Å². The number of pyridine rings is 1. The molecule has 0 saturated heterocycles. The van der Waals surface area contributed by atoms with Crippen LogP contribution in [0.2, 0.25) is 0 Å². The fourth-order valence-corrected chi connectivity index (χ4v) is 4.64. The second-order valence-electron chi connectivity index (χ2n) is 8.84. The van der Waals surface area contributed by atoms with Crippen molar-refractivity contribution in [2.45, 2.75) is 13.0 Å². The number of H-pyrrole nitrogens is 1. The van der Waals surface area contributed by atoms with E-state index in [9.17, 15) is 4.79 Å². The zero-order chi connectivity index (χ0) is 26.1. The van der Waals surface area contributed by atoms with Gasteiger partial charge in [0, 0.05) is 58.1 Å². The number of fused-ring (bicyclic) bond motifs is 2. The van der Waals surface area contributed by atoms with Gasteiger partial charge in [0.2, 0.25) is 0 Å². The van der Waals surface area contributed by atoms with Crippen LogP contribution in [-0.4, -0.2) is 30.5 Å². The largest absolute Gasteiger partial charge is 0.381 e. The number of carbonyl (C=O) groups excluding carboxylic acids is 1. The number of anilines is 1. The van der Waals surface area contributed by atoms with Crippen LogP contribution in [0.4, 0.5) is 5.82 Å². The van der Waals surface area contributed by atoms with Crippen molar-refractivity contribution in [3.05, 3.63) is 114 Å². The van der Waals surface area contributed by atoms with Gasteiger partial charge in [0.1, 0.15) is 5.56 Å². The Kier molecular flexibility index (Phi) is 5.79. The molecule has 6 aromatic rings. The van der Waals surface area contributed by atoms with E-state index < -0.39 is 0 Å². The fourth-order valence-electron chi connectivity index (χ4n) is 4.64. The molecule has 4 aromatic heterocycles. The molecule has 0 aliphatic carbocycles. The summed E-state index contributed by atoms with van der Waals surface area (Å²) in [5.74, 6) is 6.36. The maximum Gasteiger partial charge on any atom is 0.259 e. The van der Waals surface area contributed by atoms with Gasteiger partial charge in [-0.15, -0.1) is 5.10 Å². The molecule has 0 saturated carbocycles. The number of nitrogens with two attached hydrogens (primary N) is 1. The summed E-state index contributed by atoms with van der Waals surface area (Å²) in [5, 5.41) is 8.30. The van der Waals surface area contributed by atoms with Gasteiger partial charge in [-0.2, -0.15) is 0 Å². The van der Waals surface area contributed by atoms with Crippen LogP contribution in [0, 0.1) is 11.8 Å². The molecule has 0 aliphatic heterocycles. The van der Waals surface area contributed by atoms with E-state index in [4.69, 9.17) is 5.73 Å². The highest BCUT2D eigenvalue weighted by atomic mass is 16.1. The smallest absolute Gasteiger partial charge is 0.259 e. The van der Waals surface area contributed by atoms with Crippen molar-refractivity contribution in [3.63, 3.8) is 0 Å². The van der Waals surface area contributed by atoms with Crippen LogP contribution in [0.25, 0.3) is 27.7 Å². The van der Waals surface area contributed by atoms with Gasteiger partial charge in [-0.3, -0.25) is 9.78 Å². The Morgan fingerprint density at radius 1 is 1.00 bits per heavy atom. The second-order valence-corrected chi connectivity index (χ2v) is 8.84. The molecule has 0 bridgehead atoms. The number of amides is 1. The minimum absolute atomic E-state index is 0.127. The first-order valence-corrected chi connectivity index (χ1v) is 12.1. The van der Waals surface area contributed by atoms with Crippen LogP contribution in [0.1, 0.15) is 40.1 Å². The maximum atomic E-state index is 13.4. The van der Waals surface area contributed by atoms with E-state index in [0.29, 0.717) is 5.65 Å². The number of aromatic nitrogens is 5. The van der Waals surface area contributed by atoms with Crippen LogP contribution < -0.4 is 11.1 Å². The molecular formula is C30H23N7O. The zero-order valence-corrected chi connectivity index (χ0v) is 20.5. The van der Waals surface area contributed by atoms with Crippen molar-refractivity contribution in [1.82, 2.24) is 29.9 Å². The number of nitrogens with one attached hydrogen (secondary N) is 2. The van der Waals surface area contributed by atoms with Gasteiger partial charge in [-0.25, -0.2) is 9.50 Å². The molecule has 0 radical (unpaired) electrons. The van der Waals surface area contributed by atoms with E-state index in [1.807, 2.05) is 55.5 Å². The number of rotatable bonds is 4. The van der Waals surface area contributed by atoms with Crippen molar-refractivity contribution in [1.29, 1.82) is 0 Å². The molecular weight excluding hydrogens is 474 g/mol. The van der Waals surface area contributed by atoms with Gasteiger partial charge in [-0.05, 0) is 42.8 Å². The quantitative estimate of drug-likeness (QED) is 0.304. The summed E-state index contributed by atoms with van der Waals surface area (Å²) in [6.07, 6.45) is 6.77. The van der Waals surface area contributed by atoms with Gasteiger partial charge in [0.05, 0.1) is 6.04 Å². The van der Waals surface area contributed by atoms with Gasteiger partial charge in [0.25, 0.3) is 5.91 Å². The summed E-state index contributed by atoms with van der Waals surface area (Å²) < 4.78 is 1.50.